The molecule has 2 rings (SSSR count). The Morgan fingerprint density at radius 2 is 2.13 bits per heavy atom. The van der Waals surface area contributed by atoms with Crippen molar-refractivity contribution in [1.82, 2.24) is 4.98 Å². The number of nitrogens with one attached hydrogen (secondary N) is 1. The fraction of sp³-hybridized carbons (Fsp3) is 0.235. The van der Waals surface area contributed by atoms with E-state index in [9.17, 15) is 4.79 Å². The van der Waals surface area contributed by atoms with E-state index in [2.05, 4.69) is 16.4 Å². The second-order valence-corrected chi connectivity index (χ2v) is 4.75. The fourth-order valence-corrected chi connectivity index (χ4v) is 2.18. The zero-order chi connectivity index (χ0) is 16.7. The number of hydrogen-bond donors (Lipinski definition) is 1. The second kappa shape index (κ2) is 7.80. The van der Waals surface area contributed by atoms with Crippen LogP contribution in [-0.2, 0) is 4.79 Å². The molecule has 0 aliphatic rings. The van der Waals surface area contributed by atoms with Gasteiger partial charge in [0.05, 0.1) is 24.9 Å². The van der Waals surface area contributed by atoms with E-state index in [1.54, 1.807) is 42.5 Å². The lowest BCUT2D eigenvalue weighted by atomic mass is 10.2. The average Bonchev–Trinajstić information content (AvgIpc) is 2.60. The van der Waals surface area contributed by atoms with Gasteiger partial charge in [0.1, 0.15) is 17.6 Å². The Hall–Kier alpha value is -3.07. The van der Waals surface area contributed by atoms with Crippen molar-refractivity contribution in [3.8, 4) is 11.8 Å². The summed E-state index contributed by atoms with van der Waals surface area (Å²) in [7, 11) is 1.55. The smallest absolute Gasteiger partial charge is 0.244 e. The van der Waals surface area contributed by atoms with Crippen molar-refractivity contribution >= 4 is 17.4 Å². The van der Waals surface area contributed by atoms with Crippen LogP contribution in [0.2, 0.25) is 0 Å². The second-order valence-electron chi connectivity index (χ2n) is 4.75. The lowest BCUT2D eigenvalue weighted by Gasteiger charge is -2.22. The molecule has 1 aromatic heterocycles. The van der Waals surface area contributed by atoms with Gasteiger partial charge in [-0.25, -0.2) is 4.98 Å². The lowest BCUT2D eigenvalue weighted by Crippen LogP contribution is -2.34. The molecule has 0 spiro atoms. The summed E-state index contributed by atoms with van der Waals surface area (Å²) in [6.07, 6.45) is 1.61. The highest BCUT2D eigenvalue weighted by Crippen LogP contribution is 2.23. The predicted molar refractivity (Wildman–Crippen MR) is 88.5 cm³/mol. The summed E-state index contributed by atoms with van der Waals surface area (Å²) in [6, 6.07) is 12.7. The van der Waals surface area contributed by atoms with Gasteiger partial charge in [-0.3, -0.25) is 4.79 Å². The molecule has 0 fully saturated rings. The quantitative estimate of drug-likeness (QED) is 0.886. The molecule has 6 heteroatoms. The fourth-order valence-electron chi connectivity index (χ4n) is 2.18. The number of rotatable bonds is 6. The van der Waals surface area contributed by atoms with Crippen LogP contribution in [0.15, 0.2) is 42.6 Å². The van der Waals surface area contributed by atoms with E-state index in [1.165, 1.54) is 0 Å². The highest BCUT2D eigenvalue weighted by atomic mass is 16.5. The van der Waals surface area contributed by atoms with Crippen LogP contribution in [0.1, 0.15) is 12.5 Å². The number of hydrogen-bond acceptors (Lipinski definition) is 5. The van der Waals surface area contributed by atoms with E-state index in [1.807, 2.05) is 19.1 Å². The molecule has 6 nitrogen and oxygen atoms in total. The van der Waals surface area contributed by atoms with E-state index in [-0.39, 0.29) is 12.5 Å². The SMILES string of the molecule is CCN(CC(=O)Nc1ccccc1OC)c1ncccc1C#N. The number of benzene rings is 1. The molecule has 0 aliphatic heterocycles. The lowest BCUT2D eigenvalue weighted by molar-refractivity contribution is -0.115. The van der Waals surface area contributed by atoms with Crippen LogP contribution < -0.4 is 15.0 Å². The summed E-state index contributed by atoms with van der Waals surface area (Å²) in [5.74, 6) is 0.901. The van der Waals surface area contributed by atoms with Crippen molar-refractivity contribution in [2.75, 3.05) is 30.4 Å². The highest BCUT2D eigenvalue weighted by molar-refractivity contribution is 5.95. The maximum absolute atomic E-state index is 12.3. The zero-order valence-corrected chi connectivity index (χ0v) is 13.1. The van der Waals surface area contributed by atoms with Crippen LogP contribution in [0.3, 0.4) is 0 Å². The van der Waals surface area contributed by atoms with Crippen LogP contribution in [0.25, 0.3) is 0 Å². The van der Waals surface area contributed by atoms with Crippen molar-refractivity contribution in [3.63, 3.8) is 0 Å². The molecule has 1 N–H and O–H groups in total. The summed E-state index contributed by atoms with van der Waals surface area (Å²) in [4.78, 5) is 18.3. The van der Waals surface area contributed by atoms with Crippen LogP contribution in [0, 0.1) is 11.3 Å². The monoisotopic (exact) mass is 310 g/mol. The van der Waals surface area contributed by atoms with E-state index in [0.29, 0.717) is 29.4 Å². The first-order chi connectivity index (χ1) is 11.2. The maximum Gasteiger partial charge on any atom is 0.244 e. The van der Waals surface area contributed by atoms with E-state index >= 15 is 0 Å². The molecule has 1 heterocycles. The molecule has 118 valence electrons. The third-order valence-corrected chi connectivity index (χ3v) is 3.30. The number of amides is 1. The maximum atomic E-state index is 12.3. The number of carbonyl (C=O) groups is 1. The number of likely N-dealkylation sites (N-methyl/N-ethyl adjacent to an activating group) is 1. The number of anilines is 2. The summed E-state index contributed by atoms with van der Waals surface area (Å²) in [6.45, 7) is 2.57. The molecular weight excluding hydrogens is 292 g/mol. The van der Waals surface area contributed by atoms with Gasteiger partial charge < -0.3 is 15.0 Å². The van der Waals surface area contributed by atoms with Gasteiger partial charge in [-0.2, -0.15) is 5.26 Å². The van der Waals surface area contributed by atoms with Crippen molar-refractivity contribution < 1.29 is 9.53 Å². The highest BCUT2D eigenvalue weighted by Gasteiger charge is 2.15. The Labute approximate surface area is 135 Å². The molecule has 0 radical (unpaired) electrons. The molecular formula is C17H18N4O2. The third kappa shape index (κ3) is 3.98. The van der Waals surface area contributed by atoms with Gasteiger partial charge in [-0.05, 0) is 31.2 Å². The number of methoxy groups -OCH3 is 1. The number of aromatic nitrogens is 1. The average molecular weight is 310 g/mol. The van der Waals surface area contributed by atoms with Gasteiger partial charge in [-0.1, -0.05) is 12.1 Å². The summed E-state index contributed by atoms with van der Waals surface area (Å²) >= 11 is 0. The number of nitrogens with zero attached hydrogens (tertiary/aromatic N) is 3. The summed E-state index contributed by atoms with van der Waals surface area (Å²) < 4.78 is 5.21. The van der Waals surface area contributed by atoms with Crippen LogP contribution in [-0.4, -0.2) is 31.1 Å². The molecule has 0 aliphatic carbocycles. The molecule has 1 amide bonds. The Morgan fingerprint density at radius 1 is 1.35 bits per heavy atom. The van der Waals surface area contributed by atoms with Crippen LogP contribution in [0.4, 0.5) is 11.5 Å². The molecule has 0 saturated heterocycles. The molecule has 0 unspecified atom stereocenters. The van der Waals surface area contributed by atoms with Crippen molar-refractivity contribution in [2.24, 2.45) is 0 Å². The van der Waals surface area contributed by atoms with Crippen molar-refractivity contribution in [3.05, 3.63) is 48.2 Å². The number of nitriles is 1. The van der Waals surface area contributed by atoms with Gasteiger partial charge in [-0.15, -0.1) is 0 Å². The number of para-hydroxylation sites is 2. The minimum Gasteiger partial charge on any atom is -0.495 e. The van der Waals surface area contributed by atoms with Gasteiger partial charge in [0.2, 0.25) is 5.91 Å². The topological polar surface area (TPSA) is 78.2 Å². The Balaban J connectivity index is 2.13. The molecule has 0 atom stereocenters. The number of pyridine rings is 1. The van der Waals surface area contributed by atoms with Crippen molar-refractivity contribution in [1.29, 1.82) is 5.26 Å². The van der Waals surface area contributed by atoms with Gasteiger partial charge in [0.25, 0.3) is 0 Å². The zero-order valence-electron chi connectivity index (χ0n) is 13.1. The molecule has 0 bridgehead atoms. The first-order valence-electron chi connectivity index (χ1n) is 7.22. The summed E-state index contributed by atoms with van der Waals surface area (Å²) in [5.41, 5.74) is 1.05. The Kier molecular flexibility index (Phi) is 5.53. The Morgan fingerprint density at radius 3 is 2.83 bits per heavy atom. The minimum absolute atomic E-state index is 0.0975. The largest absolute Gasteiger partial charge is 0.495 e. The number of carbonyl (C=O) groups excluding carboxylic acids is 1. The third-order valence-electron chi connectivity index (χ3n) is 3.30. The normalized spacial score (nSPS) is 9.78. The van der Waals surface area contributed by atoms with E-state index in [0.717, 1.165) is 0 Å². The van der Waals surface area contributed by atoms with Gasteiger partial charge >= 0.3 is 0 Å². The van der Waals surface area contributed by atoms with Gasteiger partial charge in [0, 0.05) is 12.7 Å². The predicted octanol–water partition coefficient (Wildman–Crippen LogP) is 2.43. The van der Waals surface area contributed by atoms with E-state index in [4.69, 9.17) is 10.00 Å². The molecule has 1 aromatic carbocycles. The first kappa shape index (κ1) is 16.3. The van der Waals surface area contributed by atoms with Gasteiger partial charge in [0.15, 0.2) is 0 Å². The first-order valence-corrected chi connectivity index (χ1v) is 7.22. The molecule has 0 saturated carbocycles. The van der Waals surface area contributed by atoms with Crippen LogP contribution in [0.5, 0.6) is 5.75 Å². The number of ether oxygens (including phenoxy) is 1. The summed E-state index contributed by atoms with van der Waals surface area (Å²) in [5, 5.41) is 12.0. The van der Waals surface area contributed by atoms with Crippen molar-refractivity contribution in [2.45, 2.75) is 6.92 Å². The molecule has 2 aromatic rings. The standard InChI is InChI=1S/C17H18N4O2/c1-3-21(17-13(11-18)7-6-10-19-17)12-16(22)20-14-8-4-5-9-15(14)23-2/h4-10H,3,12H2,1-2H3,(H,20,22). The molecule has 23 heavy (non-hydrogen) atoms. The van der Waals surface area contributed by atoms with E-state index < -0.39 is 0 Å². The Bertz CT molecular complexity index is 725. The minimum atomic E-state index is -0.203. The van der Waals surface area contributed by atoms with Crippen LogP contribution >= 0.6 is 0 Å².